The Bertz CT molecular complexity index is 1020. The molecule has 6 nitrogen and oxygen atoms in total. The molecule has 0 aliphatic heterocycles. The van der Waals surface area contributed by atoms with Crippen molar-refractivity contribution in [3.63, 3.8) is 0 Å². The number of carbonyl (C=O) groups excluding carboxylic acids is 1. The number of nitrogens with one attached hydrogen (secondary N) is 2. The Morgan fingerprint density at radius 1 is 1.17 bits per heavy atom. The van der Waals surface area contributed by atoms with Crippen molar-refractivity contribution in [3.8, 4) is 17.1 Å². The smallest absolute Gasteiger partial charge is 0.257 e. The lowest BCUT2D eigenvalue weighted by Gasteiger charge is -2.12. The van der Waals surface area contributed by atoms with Gasteiger partial charge in [0, 0.05) is 11.1 Å². The molecule has 0 unspecified atom stereocenters. The summed E-state index contributed by atoms with van der Waals surface area (Å²) in [6, 6.07) is 15.4. The second-order valence-corrected chi connectivity index (χ2v) is 6.80. The molecule has 0 spiro atoms. The van der Waals surface area contributed by atoms with E-state index >= 15 is 0 Å². The van der Waals surface area contributed by atoms with E-state index in [1.807, 2.05) is 6.92 Å². The molecular weight excluding hydrogens is 412 g/mol. The minimum atomic E-state index is -0.351. The van der Waals surface area contributed by atoms with Crippen LogP contribution in [0, 0.1) is 0 Å². The third-order valence-electron chi connectivity index (χ3n) is 3.97. The first-order chi connectivity index (χ1) is 14.0. The Morgan fingerprint density at radius 3 is 2.59 bits per heavy atom. The topological polar surface area (TPSA) is 83.7 Å². The van der Waals surface area contributed by atoms with Gasteiger partial charge in [-0.25, -0.2) is 0 Å². The van der Waals surface area contributed by atoms with Crippen molar-refractivity contribution in [1.29, 1.82) is 0 Å². The lowest BCUT2D eigenvalue weighted by atomic mass is 10.1. The van der Waals surface area contributed by atoms with Crippen LogP contribution in [0.25, 0.3) is 11.3 Å². The van der Waals surface area contributed by atoms with Gasteiger partial charge in [-0.05, 0) is 73.7 Å². The van der Waals surface area contributed by atoms with Crippen LogP contribution >= 0.6 is 23.8 Å². The fourth-order valence-electron chi connectivity index (χ4n) is 2.59. The average Bonchev–Trinajstić information content (AvgIpc) is 3.19. The zero-order valence-corrected chi connectivity index (χ0v) is 17.1. The van der Waals surface area contributed by atoms with E-state index in [9.17, 15) is 4.79 Å². The fourth-order valence-corrected chi connectivity index (χ4v) is 2.96. The van der Waals surface area contributed by atoms with Gasteiger partial charge in [0.2, 0.25) is 0 Å². The Hall–Kier alpha value is -2.87. The van der Waals surface area contributed by atoms with Gasteiger partial charge < -0.3 is 19.6 Å². The molecule has 3 N–H and O–H groups in total. The highest BCUT2D eigenvalue weighted by molar-refractivity contribution is 7.80. The predicted octanol–water partition coefficient (Wildman–Crippen LogP) is 4.62. The van der Waals surface area contributed by atoms with Crippen LogP contribution in [0.15, 0.2) is 59.0 Å². The Kier molecular flexibility index (Phi) is 6.87. The summed E-state index contributed by atoms with van der Waals surface area (Å²) in [5, 5.41) is 15.2. The molecule has 3 rings (SSSR count). The van der Waals surface area contributed by atoms with E-state index in [0.717, 1.165) is 5.56 Å². The van der Waals surface area contributed by atoms with Crippen molar-refractivity contribution in [3.05, 3.63) is 70.9 Å². The molecule has 0 radical (unpaired) electrons. The fraction of sp³-hybridized carbons (Fsp3) is 0.143. The molecule has 0 saturated carbocycles. The van der Waals surface area contributed by atoms with Gasteiger partial charge in [0.15, 0.2) is 5.11 Å². The van der Waals surface area contributed by atoms with Crippen molar-refractivity contribution in [2.75, 3.05) is 11.9 Å². The zero-order chi connectivity index (χ0) is 20.8. The Balaban J connectivity index is 1.68. The normalized spacial score (nSPS) is 10.4. The van der Waals surface area contributed by atoms with Crippen LogP contribution in [0.5, 0.6) is 5.75 Å². The SMILES string of the molecule is CCOc1ccc(C(=O)NC(=S)Nc2cc(-c3ccc(CO)o3)ccc2Cl)cc1. The van der Waals surface area contributed by atoms with Crippen molar-refractivity contribution in [1.82, 2.24) is 5.32 Å². The summed E-state index contributed by atoms with van der Waals surface area (Å²) < 4.78 is 10.9. The maximum absolute atomic E-state index is 12.4. The molecule has 29 heavy (non-hydrogen) atoms. The lowest BCUT2D eigenvalue weighted by Crippen LogP contribution is -2.34. The number of hydrogen-bond acceptors (Lipinski definition) is 5. The second kappa shape index (κ2) is 9.56. The number of benzene rings is 2. The molecule has 1 amide bonds. The van der Waals surface area contributed by atoms with Crippen LogP contribution in [0.2, 0.25) is 5.02 Å². The minimum Gasteiger partial charge on any atom is -0.494 e. The molecule has 0 aliphatic rings. The van der Waals surface area contributed by atoms with Gasteiger partial charge >= 0.3 is 0 Å². The number of aliphatic hydroxyl groups is 1. The van der Waals surface area contributed by atoms with E-state index in [1.165, 1.54) is 0 Å². The number of carbonyl (C=O) groups is 1. The molecule has 0 fully saturated rings. The molecule has 0 atom stereocenters. The number of amides is 1. The number of thiocarbonyl (C=S) groups is 1. The quantitative estimate of drug-likeness (QED) is 0.495. The van der Waals surface area contributed by atoms with E-state index < -0.39 is 0 Å². The molecule has 3 aromatic rings. The third kappa shape index (κ3) is 5.35. The molecule has 1 heterocycles. The highest BCUT2D eigenvalue weighted by atomic mass is 35.5. The number of ether oxygens (including phenoxy) is 1. The van der Waals surface area contributed by atoms with Crippen LogP contribution < -0.4 is 15.4 Å². The van der Waals surface area contributed by atoms with Crippen LogP contribution in [0.3, 0.4) is 0 Å². The average molecular weight is 431 g/mol. The summed E-state index contributed by atoms with van der Waals surface area (Å²) >= 11 is 11.5. The number of furan rings is 1. The molecular formula is C21H19ClN2O4S. The first kappa shape index (κ1) is 20.9. The van der Waals surface area contributed by atoms with Crippen LogP contribution in [-0.2, 0) is 6.61 Å². The lowest BCUT2D eigenvalue weighted by molar-refractivity contribution is 0.0977. The first-order valence-electron chi connectivity index (χ1n) is 8.85. The van der Waals surface area contributed by atoms with Crippen LogP contribution in [-0.4, -0.2) is 22.7 Å². The highest BCUT2D eigenvalue weighted by Gasteiger charge is 2.12. The molecule has 8 heteroatoms. The summed E-state index contributed by atoms with van der Waals surface area (Å²) in [5.74, 6) is 1.38. The minimum absolute atomic E-state index is 0.110. The van der Waals surface area contributed by atoms with Crippen molar-refractivity contribution < 1.29 is 19.1 Å². The van der Waals surface area contributed by atoms with Gasteiger partial charge in [-0.1, -0.05) is 11.6 Å². The van der Waals surface area contributed by atoms with Gasteiger partial charge in [0.05, 0.1) is 17.3 Å². The van der Waals surface area contributed by atoms with Gasteiger partial charge in [-0.2, -0.15) is 0 Å². The summed E-state index contributed by atoms with van der Waals surface area (Å²) in [6.45, 7) is 2.27. The second-order valence-electron chi connectivity index (χ2n) is 5.98. The summed E-state index contributed by atoms with van der Waals surface area (Å²) in [4.78, 5) is 12.4. The van der Waals surface area contributed by atoms with Crippen molar-refractivity contribution in [2.45, 2.75) is 13.5 Å². The van der Waals surface area contributed by atoms with E-state index in [1.54, 1.807) is 54.6 Å². The zero-order valence-electron chi connectivity index (χ0n) is 15.6. The maximum Gasteiger partial charge on any atom is 0.257 e. The number of anilines is 1. The molecule has 1 aromatic heterocycles. The van der Waals surface area contributed by atoms with E-state index in [4.69, 9.17) is 38.1 Å². The van der Waals surface area contributed by atoms with E-state index in [2.05, 4.69) is 10.6 Å². The Morgan fingerprint density at radius 2 is 1.93 bits per heavy atom. The summed E-state index contributed by atoms with van der Waals surface area (Å²) in [5.41, 5.74) is 1.71. The van der Waals surface area contributed by atoms with Gasteiger partial charge in [0.25, 0.3) is 5.91 Å². The first-order valence-corrected chi connectivity index (χ1v) is 9.63. The molecule has 2 aromatic carbocycles. The van der Waals surface area contributed by atoms with E-state index in [0.29, 0.717) is 40.2 Å². The molecule has 0 bridgehead atoms. The monoisotopic (exact) mass is 430 g/mol. The van der Waals surface area contributed by atoms with Gasteiger partial charge in [-0.3, -0.25) is 10.1 Å². The summed E-state index contributed by atoms with van der Waals surface area (Å²) in [7, 11) is 0. The van der Waals surface area contributed by atoms with Gasteiger partial charge in [-0.15, -0.1) is 0 Å². The van der Waals surface area contributed by atoms with Gasteiger partial charge in [0.1, 0.15) is 23.9 Å². The third-order valence-corrected chi connectivity index (χ3v) is 4.50. The number of halogens is 1. The van der Waals surface area contributed by atoms with Crippen LogP contribution in [0.1, 0.15) is 23.0 Å². The van der Waals surface area contributed by atoms with Crippen molar-refractivity contribution >= 4 is 40.5 Å². The van der Waals surface area contributed by atoms with E-state index in [-0.39, 0.29) is 17.6 Å². The highest BCUT2D eigenvalue weighted by Crippen LogP contribution is 2.30. The number of hydrogen-bond donors (Lipinski definition) is 3. The Labute approximate surface area is 178 Å². The van der Waals surface area contributed by atoms with Crippen molar-refractivity contribution in [2.24, 2.45) is 0 Å². The number of aliphatic hydroxyl groups excluding tert-OH is 1. The molecule has 0 saturated heterocycles. The molecule has 0 aliphatic carbocycles. The number of rotatable bonds is 6. The maximum atomic E-state index is 12.4. The summed E-state index contributed by atoms with van der Waals surface area (Å²) in [6.07, 6.45) is 0. The molecule has 150 valence electrons. The predicted molar refractivity (Wildman–Crippen MR) is 116 cm³/mol. The van der Waals surface area contributed by atoms with Crippen LogP contribution in [0.4, 0.5) is 5.69 Å². The largest absolute Gasteiger partial charge is 0.494 e. The standard InChI is InChI=1S/C21H19ClN2O4S/c1-2-27-15-6-3-13(4-7-15)20(26)24-21(29)23-18-11-14(5-9-17(18)22)19-10-8-16(12-25)28-19/h3-11,25H,2,12H2,1H3,(H2,23,24,26,29).